The van der Waals surface area contributed by atoms with Gasteiger partial charge in [0.1, 0.15) is 11.9 Å². The van der Waals surface area contributed by atoms with Crippen LogP contribution in [-0.2, 0) is 6.42 Å². The molecular weight excluding hydrogens is 258 g/mol. The van der Waals surface area contributed by atoms with E-state index in [0.717, 1.165) is 24.6 Å². The SMILES string of the molecule is CCCC1CCC(NCC)C(Oc2ccccc2CC)C1. The molecule has 2 rings (SSSR count). The van der Waals surface area contributed by atoms with Crippen LogP contribution in [-0.4, -0.2) is 18.7 Å². The number of nitrogens with one attached hydrogen (secondary N) is 1. The lowest BCUT2D eigenvalue weighted by molar-refractivity contribution is 0.0832. The van der Waals surface area contributed by atoms with Crippen molar-refractivity contribution in [2.45, 2.75) is 71.4 Å². The zero-order chi connectivity index (χ0) is 15.1. The normalized spacial score (nSPS) is 25.8. The number of rotatable bonds is 7. The third-order valence-corrected chi connectivity index (χ3v) is 4.70. The summed E-state index contributed by atoms with van der Waals surface area (Å²) in [6, 6.07) is 9.01. The first kappa shape index (κ1) is 16.4. The van der Waals surface area contributed by atoms with E-state index in [1.165, 1.54) is 37.7 Å². The maximum absolute atomic E-state index is 6.46. The van der Waals surface area contributed by atoms with Gasteiger partial charge in [0, 0.05) is 6.04 Å². The van der Waals surface area contributed by atoms with E-state index in [1.807, 2.05) is 0 Å². The Balaban J connectivity index is 2.08. The first-order chi connectivity index (χ1) is 10.3. The minimum atomic E-state index is 0.322. The molecule has 21 heavy (non-hydrogen) atoms. The summed E-state index contributed by atoms with van der Waals surface area (Å²) < 4.78 is 6.46. The number of likely N-dealkylation sites (N-methyl/N-ethyl adjacent to an activating group) is 1. The van der Waals surface area contributed by atoms with Gasteiger partial charge in [-0.15, -0.1) is 0 Å². The molecule has 1 aromatic carbocycles. The summed E-state index contributed by atoms with van der Waals surface area (Å²) in [6.07, 6.45) is 7.78. The lowest BCUT2D eigenvalue weighted by atomic mass is 9.81. The molecule has 1 N–H and O–H groups in total. The first-order valence-electron chi connectivity index (χ1n) is 8.76. The summed E-state index contributed by atoms with van der Waals surface area (Å²) >= 11 is 0. The molecule has 3 atom stereocenters. The van der Waals surface area contributed by atoms with Crippen molar-refractivity contribution >= 4 is 0 Å². The van der Waals surface area contributed by atoms with Gasteiger partial charge in [-0.3, -0.25) is 0 Å². The number of aryl methyl sites for hydroxylation is 1. The van der Waals surface area contributed by atoms with Gasteiger partial charge in [0.25, 0.3) is 0 Å². The van der Waals surface area contributed by atoms with E-state index in [1.54, 1.807) is 0 Å². The summed E-state index contributed by atoms with van der Waals surface area (Å²) in [5.74, 6) is 1.92. The lowest BCUT2D eigenvalue weighted by Crippen LogP contribution is -2.47. The zero-order valence-electron chi connectivity index (χ0n) is 13.9. The summed E-state index contributed by atoms with van der Waals surface area (Å²) in [5, 5.41) is 3.63. The molecule has 2 heteroatoms. The molecule has 0 amide bonds. The van der Waals surface area contributed by atoms with Crippen LogP contribution in [0.3, 0.4) is 0 Å². The van der Waals surface area contributed by atoms with Crippen LogP contribution in [0.4, 0.5) is 0 Å². The second-order valence-corrected chi connectivity index (χ2v) is 6.25. The first-order valence-corrected chi connectivity index (χ1v) is 8.76. The highest BCUT2D eigenvalue weighted by atomic mass is 16.5. The highest BCUT2D eigenvalue weighted by molar-refractivity contribution is 5.33. The van der Waals surface area contributed by atoms with Crippen molar-refractivity contribution in [2.24, 2.45) is 5.92 Å². The van der Waals surface area contributed by atoms with Crippen LogP contribution in [0.5, 0.6) is 5.75 Å². The average Bonchev–Trinajstić information content (AvgIpc) is 2.51. The number of benzene rings is 1. The molecule has 118 valence electrons. The van der Waals surface area contributed by atoms with Crippen molar-refractivity contribution in [3.8, 4) is 5.75 Å². The van der Waals surface area contributed by atoms with Gasteiger partial charge in [-0.1, -0.05) is 51.8 Å². The molecule has 0 heterocycles. The number of hydrogen-bond donors (Lipinski definition) is 1. The molecule has 1 saturated carbocycles. The largest absolute Gasteiger partial charge is 0.489 e. The molecule has 2 nitrogen and oxygen atoms in total. The Bertz CT molecular complexity index is 418. The van der Waals surface area contributed by atoms with E-state index in [0.29, 0.717) is 12.1 Å². The van der Waals surface area contributed by atoms with Crippen molar-refractivity contribution in [3.63, 3.8) is 0 Å². The van der Waals surface area contributed by atoms with Gasteiger partial charge in [0.15, 0.2) is 0 Å². The molecule has 0 aliphatic heterocycles. The van der Waals surface area contributed by atoms with Crippen LogP contribution in [0, 0.1) is 5.92 Å². The van der Waals surface area contributed by atoms with Crippen LogP contribution < -0.4 is 10.1 Å². The summed E-state index contributed by atoms with van der Waals surface area (Å²) in [5.41, 5.74) is 1.32. The Kier molecular flexibility index (Phi) is 6.56. The molecule has 3 unspecified atom stereocenters. The smallest absolute Gasteiger partial charge is 0.122 e. The van der Waals surface area contributed by atoms with Crippen LogP contribution in [0.15, 0.2) is 24.3 Å². The Morgan fingerprint density at radius 1 is 1.14 bits per heavy atom. The maximum Gasteiger partial charge on any atom is 0.122 e. The zero-order valence-corrected chi connectivity index (χ0v) is 13.9. The molecule has 0 radical (unpaired) electrons. The van der Waals surface area contributed by atoms with Gasteiger partial charge in [-0.05, 0) is 49.8 Å². The van der Waals surface area contributed by atoms with E-state index >= 15 is 0 Å². The fourth-order valence-corrected chi connectivity index (χ4v) is 3.58. The van der Waals surface area contributed by atoms with Crippen LogP contribution in [0.25, 0.3) is 0 Å². The van der Waals surface area contributed by atoms with Crippen molar-refractivity contribution in [3.05, 3.63) is 29.8 Å². The Morgan fingerprint density at radius 3 is 2.67 bits per heavy atom. The minimum absolute atomic E-state index is 0.322. The molecule has 0 saturated heterocycles. The monoisotopic (exact) mass is 289 g/mol. The topological polar surface area (TPSA) is 21.3 Å². The van der Waals surface area contributed by atoms with E-state index in [-0.39, 0.29) is 0 Å². The number of para-hydroxylation sites is 1. The van der Waals surface area contributed by atoms with Gasteiger partial charge >= 0.3 is 0 Å². The van der Waals surface area contributed by atoms with E-state index in [9.17, 15) is 0 Å². The Labute approximate surface area is 130 Å². The molecular formula is C19H31NO. The summed E-state index contributed by atoms with van der Waals surface area (Å²) in [6.45, 7) is 7.71. The van der Waals surface area contributed by atoms with Crippen molar-refractivity contribution < 1.29 is 4.74 Å². The van der Waals surface area contributed by atoms with E-state index in [2.05, 4.69) is 50.4 Å². The van der Waals surface area contributed by atoms with Gasteiger partial charge in [0.05, 0.1) is 0 Å². The maximum atomic E-state index is 6.46. The lowest BCUT2D eigenvalue weighted by Gasteiger charge is -2.37. The van der Waals surface area contributed by atoms with Crippen molar-refractivity contribution in [1.29, 1.82) is 0 Å². The average molecular weight is 289 g/mol. The molecule has 0 spiro atoms. The van der Waals surface area contributed by atoms with Gasteiger partial charge in [0.2, 0.25) is 0 Å². The molecule has 1 aliphatic rings. The van der Waals surface area contributed by atoms with Crippen LogP contribution in [0.2, 0.25) is 0 Å². The highest BCUT2D eigenvalue weighted by Gasteiger charge is 2.31. The second kappa shape index (κ2) is 8.43. The van der Waals surface area contributed by atoms with Crippen LogP contribution >= 0.6 is 0 Å². The third-order valence-electron chi connectivity index (χ3n) is 4.70. The molecule has 1 aliphatic carbocycles. The summed E-state index contributed by atoms with van der Waals surface area (Å²) in [7, 11) is 0. The van der Waals surface area contributed by atoms with Crippen molar-refractivity contribution in [2.75, 3.05) is 6.54 Å². The third kappa shape index (κ3) is 4.47. The predicted octanol–water partition coefficient (Wildman–Crippen LogP) is 4.57. The minimum Gasteiger partial charge on any atom is -0.489 e. The molecule has 0 bridgehead atoms. The van der Waals surface area contributed by atoms with Gasteiger partial charge < -0.3 is 10.1 Å². The van der Waals surface area contributed by atoms with Crippen molar-refractivity contribution in [1.82, 2.24) is 5.32 Å². The number of hydrogen-bond acceptors (Lipinski definition) is 2. The standard InChI is InChI=1S/C19H31NO/c1-4-9-15-12-13-17(20-6-3)19(14-15)21-18-11-8-7-10-16(18)5-2/h7-8,10-11,15,17,19-20H,4-6,9,12-14H2,1-3H3. The molecule has 0 aromatic heterocycles. The fraction of sp³-hybridized carbons (Fsp3) is 0.684. The Morgan fingerprint density at radius 2 is 1.95 bits per heavy atom. The van der Waals surface area contributed by atoms with Gasteiger partial charge in [-0.2, -0.15) is 0 Å². The quantitative estimate of drug-likeness (QED) is 0.793. The molecule has 1 fully saturated rings. The van der Waals surface area contributed by atoms with E-state index in [4.69, 9.17) is 4.74 Å². The molecule has 1 aromatic rings. The highest BCUT2D eigenvalue weighted by Crippen LogP contribution is 2.32. The predicted molar refractivity (Wildman–Crippen MR) is 89.9 cm³/mol. The van der Waals surface area contributed by atoms with Gasteiger partial charge in [-0.25, -0.2) is 0 Å². The fourth-order valence-electron chi connectivity index (χ4n) is 3.58. The second-order valence-electron chi connectivity index (χ2n) is 6.25. The van der Waals surface area contributed by atoms with E-state index < -0.39 is 0 Å². The summed E-state index contributed by atoms with van der Waals surface area (Å²) in [4.78, 5) is 0. The Hall–Kier alpha value is -1.02. The van der Waals surface area contributed by atoms with Crippen LogP contribution in [0.1, 0.15) is 58.4 Å². The number of ether oxygens (including phenoxy) is 1.